The second-order valence-corrected chi connectivity index (χ2v) is 5.79. The lowest BCUT2D eigenvalue weighted by molar-refractivity contribution is 0.687. The van der Waals surface area contributed by atoms with Crippen LogP contribution in [-0.2, 0) is 19.4 Å². The first-order valence-electron chi connectivity index (χ1n) is 7.93. The molecule has 1 aliphatic rings. The number of benzene rings is 2. The van der Waals surface area contributed by atoms with Crippen molar-refractivity contribution in [1.29, 1.82) is 5.26 Å². The zero-order chi connectivity index (χ0) is 16.1. The van der Waals surface area contributed by atoms with E-state index >= 15 is 0 Å². The van der Waals surface area contributed by atoms with Crippen molar-refractivity contribution in [2.24, 2.45) is 10.7 Å². The molecule has 2 aromatic carbocycles. The standard InChI is InChI=1S/C19H20N4/c20-12-14-5-3-6-15(11-14)13-22-19(21)23-18-10-4-8-16-7-1-2-9-17(16)18/h3-6,8,10-11H,1-2,7,9,13H2,(H3,21,22,23). The smallest absolute Gasteiger partial charge is 0.193 e. The largest absolute Gasteiger partial charge is 0.370 e. The molecule has 0 heterocycles. The van der Waals surface area contributed by atoms with E-state index < -0.39 is 0 Å². The molecule has 1 aliphatic carbocycles. The van der Waals surface area contributed by atoms with Gasteiger partial charge in [0.1, 0.15) is 0 Å². The van der Waals surface area contributed by atoms with Crippen LogP contribution < -0.4 is 11.1 Å². The van der Waals surface area contributed by atoms with E-state index in [0.717, 1.165) is 24.1 Å². The Balaban J connectivity index is 1.71. The Hall–Kier alpha value is -2.80. The van der Waals surface area contributed by atoms with E-state index in [9.17, 15) is 0 Å². The van der Waals surface area contributed by atoms with E-state index in [1.165, 1.54) is 24.0 Å². The van der Waals surface area contributed by atoms with Crippen molar-refractivity contribution >= 4 is 11.6 Å². The fraction of sp³-hybridized carbons (Fsp3) is 0.263. The number of aliphatic imine (C=N–C) groups is 1. The molecule has 0 aliphatic heterocycles. The van der Waals surface area contributed by atoms with E-state index in [1.807, 2.05) is 18.2 Å². The van der Waals surface area contributed by atoms with Gasteiger partial charge in [0.2, 0.25) is 0 Å². The van der Waals surface area contributed by atoms with Gasteiger partial charge in [0.05, 0.1) is 18.2 Å². The van der Waals surface area contributed by atoms with Gasteiger partial charge in [-0.05, 0) is 60.6 Å². The summed E-state index contributed by atoms with van der Waals surface area (Å²) < 4.78 is 0. The zero-order valence-electron chi connectivity index (χ0n) is 13.0. The lowest BCUT2D eigenvalue weighted by Gasteiger charge is -2.19. The minimum Gasteiger partial charge on any atom is -0.370 e. The van der Waals surface area contributed by atoms with Gasteiger partial charge < -0.3 is 11.1 Å². The molecule has 0 bridgehead atoms. The molecule has 23 heavy (non-hydrogen) atoms. The average Bonchev–Trinajstić information content (AvgIpc) is 2.60. The van der Waals surface area contributed by atoms with E-state index in [2.05, 4.69) is 34.6 Å². The highest BCUT2D eigenvalue weighted by atomic mass is 15.1. The van der Waals surface area contributed by atoms with Crippen LogP contribution in [0.5, 0.6) is 0 Å². The third kappa shape index (κ3) is 3.70. The average molecular weight is 304 g/mol. The quantitative estimate of drug-likeness (QED) is 0.674. The zero-order valence-corrected chi connectivity index (χ0v) is 13.0. The molecule has 0 amide bonds. The predicted molar refractivity (Wildman–Crippen MR) is 93.2 cm³/mol. The van der Waals surface area contributed by atoms with Crippen molar-refractivity contribution in [3.8, 4) is 6.07 Å². The summed E-state index contributed by atoms with van der Waals surface area (Å²) in [6, 6.07) is 15.9. The highest BCUT2D eigenvalue weighted by molar-refractivity contribution is 5.93. The van der Waals surface area contributed by atoms with Crippen LogP contribution in [0.4, 0.5) is 5.69 Å². The Morgan fingerprint density at radius 2 is 2.00 bits per heavy atom. The molecule has 116 valence electrons. The number of nitrogens with zero attached hydrogens (tertiary/aromatic N) is 2. The van der Waals surface area contributed by atoms with Crippen molar-refractivity contribution < 1.29 is 0 Å². The first-order chi connectivity index (χ1) is 11.3. The SMILES string of the molecule is N#Cc1cccc(CN=C(N)Nc2cccc3c2CCCC3)c1. The highest BCUT2D eigenvalue weighted by Gasteiger charge is 2.13. The number of guanidine groups is 1. The van der Waals surface area contributed by atoms with Crippen molar-refractivity contribution in [3.05, 3.63) is 64.7 Å². The summed E-state index contributed by atoms with van der Waals surface area (Å²) in [6.45, 7) is 0.462. The second kappa shape index (κ2) is 6.97. The number of nitriles is 1. The third-order valence-electron chi connectivity index (χ3n) is 4.15. The van der Waals surface area contributed by atoms with Gasteiger partial charge in [-0.15, -0.1) is 0 Å². The molecule has 3 rings (SSSR count). The molecule has 0 aromatic heterocycles. The van der Waals surface area contributed by atoms with Gasteiger partial charge in [-0.3, -0.25) is 0 Å². The molecule has 4 heteroatoms. The summed E-state index contributed by atoms with van der Waals surface area (Å²) in [5, 5.41) is 12.2. The van der Waals surface area contributed by atoms with Crippen LogP contribution in [0.3, 0.4) is 0 Å². The van der Waals surface area contributed by atoms with Gasteiger partial charge in [-0.25, -0.2) is 4.99 Å². The number of nitrogens with one attached hydrogen (secondary N) is 1. The normalized spacial score (nSPS) is 14.0. The van der Waals surface area contributed by atoms with Crippen LogP contribution in [0, 0.1) is 11.3 Å². The maximum atomic E-state index is 8.92. The molecule has 2 aromatic rings. The fourth-order valence-electron chi connectivity index (χ4n) is 2.99. The Kier molecular flexibility index (Phi) is 4.58. The third-order valence-corrected chi connectivity index (χ3v) is 4.15. The van der Waals surface area contributed by atoms with E-state index in [1.54, 1.807) is 6.07 Å². The summed E-state index contributed by atoms with van der Waals surface area (Å²) >= 11 is 0. The van der Waals surface area contributed by atoms with E-state index in [4.69, 9.17) is 11.0 Å². The number of hydrogen-bond acceptors (Lipinski definition) is 2. The van der Waals surface area contributed by atoms with Crippen LogP contribution in [0.1, 0.15) is 35.1 Å². The van der Waals surface area contributed by atoms with Crippen LogP contribution >= 0.6 is 0 Å². The maximum Gasteiger partial charge on any atom is 0.193 e. The summed E-state index contributed by atoms with van der Waals surface area (Å²) in [6.07, 6.45) is 4.72. The van der Waals surface area contributed by atoms with Gasteiger partial charge in [0.15, 0.2) is 5.96 Å². The minimum absolute atomic E-state index is 0.409. The van der Waals surface area contributed by atoms with E-state index in [-0.39, 0.29) is 0 Å². The summed E-state index contributed by atoms with van der Waals surface area (Å²) in [5.74, 6) is 0.409. The van der Waals surface area contributed by atoms with Gasteiger partial charge in [-0.1, -0.05) is 24.3 Å². The number of aryl methyl sites for hydroxylation is 1. The first-order valence-corrected chi connectivity index (χ1v) is 7.93. The molecule has 4 nitrogen and oxygen atoms in total. The van der Waals surface area contributed by atoms with Crippen LogP contribution in [0.25, 0.3) is 0 Å². The number of nitrogens with two attached hydrogens (primary N) is 1. The predicted octanol–water partition coefficient (Wildman–Crippen LogP) is 3.36. The van der Waals surface area contributed by atoms with Gasteiger partial charge in [0.25, 0.3) is 0 Å². The summed E-state index contributed by atoms with van der Waals surface area (Å²) in [7, 11) is 0. The fourth-order valence-corrected chi connectivity index (χ4v) is 2.99. The van der Waals surface area contributed by atoms with Gasteiger partial charge in [0, 0.05) is 5.69 Å². The molecule has 0 fully saturated rings. The monoisotopic (exact) mass is 304 g/mol. The summed E-state index contributed by atoms with van der Waals surface area (Å²) in [4.78, 5) is 4.39. The molecular weight excluding hydrogens is 284 g/mol. The topological polar surface area (TPSA) is 74.2 Å². The lowest BCUT2D eigenvalue weighted by Crippen LogP contribution is -2.24. The van der Waals surface area contributed by atoms with Gasteiger partial charge in [-0.2, -0.15) is 5.26 Å². The Morgan fingerprint density at radius 1 is 1.17 bits per heavy atom. The number of hydrogen-bond donors (Lipinski definition) is 2. The van der Waals surface area contributed by atoms with Crippen LogP contribution in [0.15, 0.2) is 47.5 Å². The molecule has 0 spiro atoms. The summed E-state index contributed by atoms with van der Waals surface area (Å²) in [5.41, 5.74) is 11.5. The molecule has 0 saturated heterocycles. The number of rotatable bonds is 3. The Bertz CT molecular complexity index is 771. The van der Waals surface area contributed by atoms with E-state index in [0.29, 0.717) is 18.1 Å². The molecule has 3 N–H and O–H groups in total. The molecular formula is C19H20N4. The molecule has 0 atom stereocenters. The highest BCUT2D eigenvalue weighted by Crippen LogP contribution is 2.27. The molecule has 0 radical (unpaired) electrons. The van der Waals surface area contributed by atoms with Crippen molar-refractivity contribution in [3.63, 3.8) is 0 Å². The molecule has 0 unspecified atom stereocenters. The Morgan fingerprint density at radius 3 is 2.87 bits per heavy atom. The van der Waals surface area contributed by atoms with Gasteiger partial charge >= 0.3 is 0 Å². The molecule has 0 saturated carbocycles. The first kappa shape index (κ1) is 15.1. The minimum atomic E-state index is 0.409. The Labute approximate surface area is 136 Å². The van der Waals surface area contributed by atoms with Crippen molar-refractivity contribution in [2.45, 2.75) is 32.2 Å². The van der Waals surface area contributed by atoms with Crippen molar-refractivity contribution in [2.75, 3.05) is 5.32 Å². The number of anilines is 1. The maximum absolute atomic E-state index is 8.92. The van der Waals surface area contributed by atoms with Crippen molar-refractivity contribution in [1.82, 2.24) is 0 Å². The lowest BCUT2D eigenvalue weighted by atomic mass is 9.90. The number of fused-ring (bicyclic) bond motifs is 1. The van der Waals surface area contributed by atoms with Crippen LogP contribution in [-0.4, -0.2) is 5.96 Å². The second-order valence-electron chi connectivity index (χ2n) is 5.79. The van der Waals surface area contributed by atoms with Crippen LogP contribution in [0.2, 0.25) is 0 Å².